The maximum atomic E-state index is 13.4. The molecule has 0 heterocycles. The minimum Gasteiger partial charge on any atom is -0.496 e. The number of ether oxygens (including phenoxy) is 1. The summed E-state index contributed by atoms with van der Waals surface area (Å²) < 4.78 is 31.0. The van der Waals surface area contributed by atoms with Crippen molar-refractivity contribution in [2.24, 2.45) is 0 Å². The summed E-state index contributed by atoms with van der Waals surface area (Å²) in [7, 11) is -0.0387. The van der Waals surface area contributed by atoms with Crippen molar-refractivity contribution in [1.29, 1.82) is 0 Å². The number of amides is 1. The number of nitrogens with one attached hydrogen (secondary N) is 1. The lowest BCUT2D eigenvalue weighted by Gasteiger charge is -2.15. The van der Waals surface area contributed by atoms with Gasteiger partial charge in [0.1, 0.15) is 16.8 Å². The van der Waals surface area contributed by atoms with E-state index in [0.29, 0.717) is 17.0 Å². The Kier molecular flexibility index (Phi) is 6.09. The molecular weight excluding hydrogens is 329 g/mol. The van der Waals surface area contributed by atoms with E-state index in [-0.39, 0.29) is 11.7 Å². The van der Waals surface area contributed by atoms with Gasteiger partial charge in [-0.2, -0.15) is 0 Å². The van der Waals surface area contributed by atoms with E-state index >= 15 is 0 Å². The second kappa shape index (κ2) is 8.06. The van der Waals surface area contributed by atoms with Crippen molar-refractivity contribution >= 4 is 22.4 Å². The van der Waals surface area contributed by atoms with Gasteiger partial charge in [-0.3, -0.25) is 9.00 Å². The summed E-state index contributed by atoms with van der Waals surface area (Å²) in [4.78, 5) is 12.3. The highest BCUT2D eigenvalue weighted by Crippen LogP contribution is 2.22. The van der Waals surface area contributed by atoms with E-state index in [1.807, 2.05) is 25.1 Å². The average molecular weight is 349 g/mol. The normalized spacial score (nSPS) is 13.2. The Balaban J connectivity index is 2.08. The van der Waals surface area contributed by atoms with Crippen molar-refractivity contribution in [2.45, 2.75) is 24.9 Å². The summed E-state index contributed by atoms with van der Waals surface area (Å²) in [6.07, 6.45) is 0. The number of carbonyl (C=O) groups is 1. The van der Waals surface area contributed by atoms with Crippen LogP contribution in [0.15, 0.2) is 42.5 Å². The summed E-state index contributed by atoms with van der Waals surface area (Å²) >= 11 is 0. The van der Waals surface area contributed by atoms with Crippen LogP contribution in [-0.2, 0) is 21.3 Å². The van der Waals surface area contributed by atoms with E-state index in [1.54, 1.807) is 13.0 Å². The van der Waals surface area contributed by atoms with Crippen LogP contribution >= 0.6 is 0 Å². The maximum absolute atomic E-state index is 13.4. The molecule has 2 aromatic rings. The second-order valence-corrected chi connectivity index (χ2v) is 7.18. The zero-order valence-electron chi connectivity index (χ0n) is 13.8. The van der Waals surface area contributed by atoms with Gasteiger partial charge in [0.2, 0.25) is 5.91 Å². The lowest BCUT2D eigenvalue weighted by Crippen LogP contribution is -2.30. The summed E-state index contributed by atoms with van der Waals surface area (Å²) in [5, 5.41) is 2.04. The molecule has 0 aromatic heterocycles. The van der Waals surface area contributed by atoms with Crippen molar-refractivity contribution in [3.8, 4) is 5.75 Å². The van der Waals surface area contributed by atoms with E-state index in [2.05, 4.69) is 5.32 Å². The van der Waals surface area contributed by atoms with Gasteiger partial charge in [0.05, 0.1) is 12.9 Å². The lowest BCUT2D eigenvalue weighted by molar-refractivity contribution is -0.115. The van der Waals surface area contributed by atoms with E-state index in [1.165, 1.54) is 25.3 Å². The molecule has 0 aliphatic carbocycles. The molecule has 0 saturated carbocycles. The summed E-state index contributed by atoms with van der Waals surface area (Å²) in [6, 6.07) is 11.4. The lowest BCUT2D eigenvalue weighted by atomic mass is 10.2. The molecule has 1 N–H and O–H groups in total. The van der Waals surface area contributed by atoms with E-state index in [9.17, 15) is 13.4 Å². The third-order valence-electron chi connectivity index (χ3n) is 3.71. The van der Waals surface area contributed by atoms with Gasteiger partial charge in [-0.25, -0.2) is 4.39 Å². The molecule has 0 aliphatic rings. The minimum atomic E-state index is -1.50. The quantitative estimate of drug-likeness (QED) is 0.869. The zero-order valence-corrected chi connectivity index (χ0v) is 14.7. The highest BCUT2D eigenvalue weighted by Gasteiger charge is 2.22. The Morgan fingerprint density at radius 2 is 2.00 bits per heavy atom. The molecule has 0 radical (unpaired) electrons. The molecule has 0 aliphatic heterocycles. The van der Waals surface area contributed by atoms with Gasteiger partial charge in [0.15, 0.2) is 0 Å². The predicted molar refractivity (Wildman–Crippen MR) is 94.1 cm³/mol. The number of aryl methyl sites for hydroxylation is 1. The molecule has 2 atom stereocenters. The fraction of sp³-hybridized carbons (Fsp3) is 0.278. The van der Waals surface area contributed by atoms with Crippen molar-refractivity contribution in [3.63, 3.8) is 0 Å². The number of benzene rings is 2. The molecule has 1 amide bonds. The molecule has 0 spiro atoms. The molecule has 24 heavy (non-hydrogen) atoms. The summed E-state index contributed by atoms with van der Waals surface area (Å²) in [6.45, 7) is 3.48. The Labute approximate surface area is 143 Å². The Morgan fingerprint density at radius 1 is 1.29 bits per heavy atom. The van der Waals surface area contributed by atoms with Gasteiger partial charge in [0, 0.05) is 22.1 Å². The van der Waals surface area contributed by atoms with Crippen molar-refractivity contribution in [3.05, 3.63) is 59.4 Å². The number of hydrogen-bond donors (Lipinski definition) is 1. The molecular formula is C18H20FNO3S. The van der Waals surface area contributed by atoms with Crippen LogP contribution in [0.1, 0.15) is 18.1 Å². The third-order valence-corrected chi connectivity index (χ3v) is 5.30. The van der Waals surface area contributed by atoms with Crippen molar-refractivity contribution < 1.29 is 18.1 Å². The minimum absolute atomic E-state index is 0.0449. The number of carbonyl (C=O) groups excluding carboxylic acids is 1. The average Bonchev–Trinajstić information content (AvgIpc) is 2.56. The monoisotopic (exact) mass is 349 g/mol. The zero-order chi connectivity index (χ0) is 17.7. The Morgan fingerprint density at radius 3 is 2.67 bits per heavy atom. The van der Waals surface area contributed by atoms with Crippen LogP contribution in [0.4, 0.5) is 10.1 Å². The van der Waals surface area contributed by atoms with E-state index in [0.717, 1.165) is 5.56 Å². The number of para-hydroxylation sites is 1. The van der Waals surface area contributed by atoms with Gasteiger partial charge in [0.25, 0.3) is 0 Å². The van der Waals surface area contributed by atoms with Crippen LogP contribution in [0.2, 0.25) is 0 Å². The first-order valence-corrected chi connectivity index (χ1v) is 8.86. The van der Waals surface area contributed by atoms with E-state index < -0.39 is 21.9 Å². The molecule has 2 aromatic carbocycles. The van der Waals surface area contributed by atoms with Crippen LogP contribution in [0.25, 0.3) is 0 Å². The van der Waals surface area contributed by atoms with Crippen molar-refractivity contribution in [2.75, 3.05) is 12.4 Å². The van der Waals surface area contributed by atoms with Gasteiger partial charge in [-0.1, -0.05) is 18.2 Å². The number of methoxy groups -OCH3 is 1. The molecule has 0 bridgehead atoms. The molecule has 0 saturated heterocycles. The van der Waals surface area contributed by atoms with Gasteiger partial charge < -0.3 is 10.1 Å². The van der Waals surface area contributed by atoms with Crippen LogP contribution < -0.4 is 10.1 Å². The summed E-state index contributed by atoms with van der Waals surface area (Å²) in [5.74, 6) is -0.266. The molecule has 0 unspecified atom stereocenters. The molecule has 6 heteroatoms. The number of rotatable bonds is 6. The standard InChI is InChI=1S/C18H20FNO3S/c1-12-6-4-5-7-16(12)20-18(21)13(2)24(22)11-14-10-15(19)8-9-17(14)23-3/h4-10,13H,11H2,1-3H3,(H,20,21)/t13-,24-/m1/s1. The van der Waals surface area contributed by atoms with Crippen LogP contribution in [0.3, 0.4) is 0 Å². The Bertz CT molecular complexity index is 764. The largest absolute Gasteiger partial charge is 0.496 e. The van der Waals surface area contributed by atoms with Crippen molar-refractivity contribution in [1.82, 2.24) is 0 Å². The highest BCUT2D eigenvalue weighted by molar-refractivity contribution is 7.85. The number of anilines is 1. The first-order chi connectivity index (χ1) is 11.4. The van der Waals surface area contributed by atoms with Crippen LogP contribution in [-0.4, -0.2) is 22.5 Å². The van der Waals surface area contributed by atoms with Crippen LogP contribution in [0, 0.1) is 12.7 Å². The van der Waals surface area contributed by atoms with Gasteiger partial charge in [-0.05, 0) is 43.7 Å². The highest BCUT2D eigenvalue weighted by atomic mass is 32.2. The molecule has 2 rings (SSSR count). The maximum Gasteiger partial charge on any atom is 0.239 e. The topological polar surface area (TPSA) is 55.4 Å². The molecule has 4 nitrogen and oxygen atoms in total. The van der Waals surface area contributed by atoms with Crippen LogP contribution in [0.5, 0.6) is 5.75 Å². The number of hydrogen-bond acceptors (Lipinski definition) is 3. The SMILES string of the molecule is COc1ccc(F)cc1C[S@@](=O)[C@H](C)C(=O)Nc1ccccc1C. The second-order valence-electron chi connectivity index (χ2n) is 5.43. The fourth-order valence-electron chi connectivity index (χ4n) is 2.21. The van der Waals surface area contributed by atoms with Gasteiger partial charge in [-0.15, -0.1) is 0 Å². The number of halogens is 1. The summed E-state index contributed by atoms with van der Waals surface area (Å²) in [5.41, 5.74) is 2.09. The fourth-order valence-corrected chi connectivity index (χ4v) is 3.28. The first-order valence-electron chi connectivity index (χ1n) is 7.48. The molecule has 0 fully saturated rings. The first kappa shape index (κ1) is 18.1. The molecule has 128 valence electrons. The Hall–Kier alpha value is -2.21. The van der Waals surface area contributed by atoms with Gasteiger partial charge >= 0.3 is 0 Å². The smallest absolute Gasteiger partial charge is 0.239 e. The van der Waals surface area contributed by atoms with E-state index in [4.69, 9.17) is 4.74 Å². The predicted octanol–water partition coefficient (Wildman–Crippen LogP) is 3.42. The third kappa shape index (κ3) is 4.41.